The third-order valence-electron chi connectivity index (χ3n) is 3.34. The van der Waals surface area contributed by atoms with Gasteiger partial charge in [-0.3, -0.25) is 0 Å². The third kappa shape index (κ3) is 3.77. The fourth-order valence-corrected chi connectivity index (χ4v) is 3.92. The largest absolute Gasteiger partial charge is 0.0795 e. The van der Waals surface area contributed by atoms with Crippen LogP contribution in [-0.2, 0) is 0 Å². The van der Waals surface area contributed by atoms with Gasteiger partial charge in [0.2, 0.25) is 0 Å². The summed E-state index contributed by atoms with van der Waals surface area (Å²) in [5.74, 6) is 0.988. The minimum atomic E-state index is 0.462. The van der Waals surface area contributed by atoms with Crippen molar-refractivity contribution in [2.45, 2.75) is 63.2 Å². The third-order valence-corrected chi connectivity index (χ3v) is 3.72. The van der Waals surface area contributed by atoms with Crippen LogP contribution in [0.4, 0.5) is 0 Å². The first kappa shape index (κ1) is 11.8. The standard InChI is InChI=1S/C12H23I/c1-11(2,9-12(3,4)13)10-7-5-6-8-10/h10H,5-9H2,1-4H3. The molecule has 0 amide bonds. The van der Waals surface area contributed by atoms with Gasteiger partial charge in [0.15, 0.2) is 0 Å². The number of halogens is 1. The monoisotopic (exact) mass is 294 g/mol. The molecule has 1 fully saturated rings. The highest BCUT2D eigenvalue weighted by atomic mass is 127. The average molecular weight is 294 g/mol. The SMILES string of the molecule is CC(C)(I)CC(C)(C)C1CCCC1. The van der Waals surface area contributed by atoms with E-state index in [2.05, 4.69) is 50.3 Å². The molecule has 0 saturated heterocycles. The Hall–Kier alpha value is 0.730. The molecule has 1 aliphatic carbocycles. The van der Waals surface area contributed by atoms with Crippen LogP contribution >= 0.6 is 22.6 Å². The van der Waals surface area contributed by atoms with Gasteiger partial charge < -0.3 is 0 Å². The first-order valence-corrected chi connectivity index (χ1v) is 6.58. The Kier molecular flexibility index (Phi) is 3.70. The minimum absolute atomic E-state index is 0.462. The van der Waals surface area contributed by atoms with E-state index >= 15 is 0 Å². The van der Waals surface area contributed by atoms with Crippen LogP contribution in [0, 0.1) is 11.3 Å². The molecule has 1 aliphatic rings. The predicted molar refractivity (Wildman–Crippen MR) is 68.5 cm³/mol. The molecule has 0 unspecified atom stereocenters. The molecular formula is C12H23I. The van der Waals surface area contributed by atoms with Crippen molar-refractivity contribution in [2.24, 2.45) is 11.3 Å². The predicted octanol–water partition coefficient (Wildman–Crippen LogP) is 4.81. The molecule has 78 valence electrons. The topological polar surface area (TPSA) is 0 Å². The molecule has 0 aromatic carbocycles. The summed E-state index contributed by atoms with van der Waals surface area (Å²) in [5, 5.41) is 0. The summed E-state index contributed by atoms with van der Waals surface area (Å²) >= 11 is 2.59. The van der Waals surface area contributed by atoms with Crippen molar-refractivity contribution in [3.63, 3.8) is 0 Å². The summed E-state index contributed by atoms with van der Waals surface area (Å²) in [4.78, 5) is 0. The van der Waals surface area contributed by atoms with Gasteiger partial charge in [0.25, 0.3) is 0 Å². The molecule has 0 heterocycles. The quantitative estimate of drug-likeness (QED) is 0.518. The van der Waals surface area contributed by atoms with Crippen molar-refractivity contribution < 1.29 is 0 Å². The Labute approximate surface area is 97.0 Å². The van der Waals surface area contributed by atoms with E-state index in [-0.39, 0.29) is 0 Å². The maximum absolute atomic E-state index is 2.59. The van der Waals surface area contributed by atoms with Gasteiger partial charge in [0.1, 0.15) is 0 Å². The van der Waals surface area contributed by atoms with Crippen molar-refractivity contribution in [3.8, 4) is 0 Å². The molecule has 0 spiro atoms. The van der Waals surface area contributed by atoms with E-state index in [4.69, 9.17) is 0 Å². The Bertz CT molecular complexity index is 158. The highest BCUT2D eigenvalue weighted by molar-refractivity contribution is 14.1. The number of hydrogen-bond acceptors (Lipinski definition) is 0. The maximum atomic E-state index is 2.59. The molecule has 0 bridgehead atoms. The molecule has 0 N–H and O–H groups in total. The highest BCUT2D eigenvalue weighted by Crippen LogP contribution is 2.45. The van der Waals surface area contributed by atoms with Crippen molar-refractivity contribution >= 4 is 22.6 Å². The van der Waals surface area contributed by atoms with Crippen LogP contribution in [0.2, 0.25) is 0 Å². The van der Waals surface area contributed by atoms with Gasteiger partial charge in [-0.05, 0) is 30.6 Å². The number of rotatable bonds is 3. The second kappa shape index (κ2) is 4.08. The maximum Gasteiger partial charge on any atom is 0.0171 e. The lowest BCUT2D eigenvalue weighted by molar-refractivity contribution is 0.186. The zero-order valence-corrected chi connectivity index (χ0v) is 11.6. The fraction of sp³-hybridized carbons (Fsp3) is 1.00. The van der Waals surface area contributed by atoms with Crippen LogP contribution in [0.3, 0.4) is 0 Å². The Balaban J connectivity index is 2.53. The smallest absolute Gasteiger partial charge is 0.0171 e. The van der Waals surface area contributed by atoms with Gasteiger partial charge in [-0.25, -0.2) is 0 Å². The summed E-state index contributed by atoms with van der Waals surface area (Å²) in [6.07, 6.45) is 7.23. The van der Waals surface area contributed by atoms with Crippen LogP contribution in [0.1, 0.15) is 59.8 Å². The van der Waals surface area contributed by atoms with Gasteiger partial charge in [-0.2, -0.15) is 0 Å². The van der Waals surface area contributed by atoms with E-state index in [1.807, 2.05) is 0 Å². The second-order valence-corrected chi connectivity index (χ2v) is 8.79. The highest BCUT2D eigenvalue weighted by Gasteiger charge is 2.35. The summed E-state index contributed by atoms with van der Waals surface area (Å²) in [6.45, 7) is 9.63. The lowest BCUT2D eigenvalue weighted by Crippen LogP contribution is -2.29. The lowest BCUT2D eigenvalue weighted by atomic mass is 9.72. The molecule has 0 nitrogen and oxygen atoms in total. The van der Waals surface area contributed by atoms with E-state index in [9.17, 15) is 0 Å². The van der Waals surface area contributed by atoms with E-state index < -0.39 is 0 Å². The molecule has 1 heteroatoms. The van der Waals surface area contributed by atoms with Crippen LogP contribution in [-0.4, -0.2) is 3.42 Å². The van der Waals surface area contributed by atoms with Crippen LogP contribution in [0.25, 0.3) is 0 Å². The normalized spacial score (nSPS) is 21.0. The van der Waals surface area contributed by atoms with E-state index in [1.165, 1.54) is 32.1 Å². The van der Waals surface area contributed by atoms with E-state index in [1.54, 1.807) is 0 Å². The Morgan fingerprint density at radius 2 is 1.54 bits per heavy atom. The average Bonchev–Trinajstić information content (AvgIpc) is 2.29. The molecule has 1 rings (SSSR count). The van der Waals surface area contributed by atoms with Crippen molar-refractivity contribution in [1.82, 2.24) is 0 Å². The molecule has 0 aromatic rings. The zero-order chi connectivity index (χ0) is 10.1. The van der Waals surface area contributed by atoms with E-state index in [0.29, 0.717) is 8.84 Å². The molecular weight excluding hydrogens is 271 g/mol. The summed E-state index contributed by atoms with van der Waals surface area (Å²) < 4.78 is 0.462. The van der Waals surface area contributed by atoms with Gasteiger partial charge in [-0.15, -0.1) is 0 Å². The molecule has 13 heavy (non-hydrogen) atoms. The Morgan fingerprint density at radius 1 is 1.08 bits per heavy atom. The van der Waals surface area contributed by atoms with Gasteiger partial charge >= 0.3 is 0 Å². The molecule has 0 aliphatic heterocycles. The first-order chi connectivity index (χ1) is 5.81. The number of hydrogen-bond donors (Lipinski definition) is 0. The second-order valence-electron chi connectivity index (χ2n) is 5.87. The summed E-state index contributed by atoms with van der Waals surface area (Å²) in [5.41, 5.74) is 0.557. The Morgan fingerprint density at radius 3 is 1.92 bits per heavy atom. The molecule has 0 radical (unpaired) electrons. The fourth-order valence-electron chi connectivity index (χ4n) is 2.94. The van der Waals surface area contributed by atoms with Crippen LogP contribution in [0.15, 0.2) is 0 Å². The number of alkyl halides is 1. The first-order valence-electron chi connectivity index (χ1n) is 5.50. The van der Waals surface area contributed by atoms with Gasteiger partial charge in [0.05, 0.1) is 0 Å². The van der Waals surface area contributed by atoms with Crippen LogP contribution in [0.5, 0.6) is 0 Å². The molecule has 1 saturated carbocycles. The van der Waals surface area contributed by atoms with E-state index in [0.717, 1.165) is 5.92 Å². The summed E-state index contributed by atoms with van der Waals surface area (Å²) in [7, 11) is 0. The van der Waals surface area contributed by atoms with Crippen molar-refractivity contribution in [1.29, 1.82) is 0 Å². The minimum Gasteiger partial charge on any atom is -0.0795 e. The lowest BCUT2D eigenvalue weighted by Gasteiger charge is -2.36. The molecule has 0 aromatic heterocycles. The zero-order valence-electron chi connectivity index (χ0n) is 9.49. The van der Waals surface area contributed by atoms with Crippen molar-refractivity contribution in [3.05, 3.63) is 0 Å². The summed E-state index contributed by atoms with van der Waals surface area (Å²) in [6, 6.07) is 0. The van der Waals surface area contributed by atoms with Crippen molar-refractivity contribution in [2.75, 3.05) is 0 Å². The van der Waals surface area contributed by atoms with Gasteiger partial charge in [-0.1, -0.05) is 63.1 Å². The molecule has 0 atom stereocenters. The van der Waals surface area contributed by atoms with Crippen LogP contribution < -0.4 is 0 Å². The van der Waals surface area contributed by atoms with Gasteiger partial charge in [0, 0.05) is 3.42 Å².